The number of aromatic amines is 1. The molecule has 0 aliphatic rings. The minimum atomic E-state index is -1.15. The summed E-state index contributed by atoms with van der Waals surface area (Å²) in [6.07, 6.45) is 10.2. The van der Waals surface area contributed by atoms with E-state index in [4.69, 9.17) is 11.5 Å². The van der Waals surface area contributed by atoms with E-state index in [1.807, 2.05) is 20.8 Å². The zero-order valence-corrected chi connectivity index (χ0v) is 45.9. The largest absolute Gasteiger partial charge is 0.478 e. The van der Waals surface area contributed by atoms with Crippen molar-refractivity contribution in [3.63, 3.8) is 0 Å². The third kappa shape index (κ3) is 15.2. The number of nitrogens with one attached hydrogen (secondary N) is 1. The molecule has 2 amide bonds. The van der Waals surface area contributed by atoms with Crippen molar-refractivity contribution < 1.29 is 47.0 Å². The summed E-state index contributed by atoms with van der Waals surface area (Å²) in [6, 6.07) is 32.7. The lowest BCUT2D eigenvalue weighted by molar-refractivity contribution is 0.0690. The second-order valence-corrected chi connectivity index (χ2v) is 19.4. The Labute approximate surface area is 467 Å². The Morgan fingerprint density at radius 3 is 1.35 bits per heavy atom. The van der Waals surface area contributed by atoms with Gasteiger partial charge in [0.1, 0.15) is 17.5 Å². The van der Waals surface area contributed by atoms with Gasteiger partial charge in [-0.05, 0) is 98.0 Å². The Bertz CT molecular complexity index is 3710. The van der Waals surface area contributed by atoms with Crippen LogP contribution in [0.5, 0.6) is 0 Å². The molecule has 0 aliphatic heterocycles. The fraction of sp³-hybridized carbons (Fsp3) is 0.164. The summed E-state index contributed by atoms with van der Waals surface area (Å²) in [6.45, 7) is 10.6. The molecule has 410 valence electrons. The van der Waals surface area contributed by atoms with Crippen molar-refractivity contribution in [3.8, 4) is 11.4 Å². The van der Waals surface area contributed by atoms with E-state index in [2.05, 4.69) is 35.9 Å². The minimum Gasteiger partial charge on any atom is -0.478 e. The Hall–Kier alpha value is -9.36. The number of imidazole rings is 3. The van der Waals surface area contributed by atoms with Crippen molar-refractivity contribution >= 4 is 51.1 Å². The molecule has 0 saturated carbocycles. The third-order valence-electron chi connectivity index (χ3n) is 12.7. The SMILES string of the molecule is CC(C(=O)c1ccccc1C(N)=O)c1ccc(Br)cc1F.Cc1cn(-c2ccc(C(C)C(=O)c3ccccc3C(N)=O)c(F)c2)cn1.Cc1cn(-c2ccc(C(C)CC(=O)c3ccccc3C(=O)O)c(F)c2)cn1.Cc1cnc[nH]1. The van der Waals surface area contributed by atoms with Gasteiger partial charge >= 0.3 is 5.97 Å². The number of benzene rings is 6. The molecule has 9 aromatic rings. The number of hydrogen-bond acceptors (Lipinski definition) is 9. The number of halogens is 4. The maximum atomic E-state index is 14.7. The average Bonchev–Trinajstić information content (AvgIpc) is 4.24. The van der Waals surface area contributed by atoms with E-state index in [1.165, 1.54) is 54.6 Å². The predicted molar refractivity (Wildman–Crippen MR) is 300 cm³/mol. The van der Waals surface area contributed by atoms with E-state index in [1.54, 1.807) is 140 Å². The highest BCUT2D eigenvalue weighted by molar-refractivity contribution is 9.10. The number of carbonyl (C=O) groups is 6. The number of hydrogen-bond donors (Lipinski definition) is 4. The van der Waals surface area contributed by atoms with Crippen LogP contribution in [0.4, 0.5) is 13.2 Å². The number of primary amides is 2. The molecule has 0 spiro atoms. The first-order chi connectivity index (χ1) is 38.1. The molecule has 9 rings (SSSR count). The molecular weight excluding hydrogens is 1090 g/mol. The Balaban J connectivity index is 0.000000185. The summed E-state index contributed by atoms with van der Waals surface area (Å²) in [5.74, 6) is -6.78. The summed E-state index contributed by atoms with van der Waals surface area (Å²) in [5, 5.41) is 9.23. The fourth-order valence-corrected chi connectivity index (χ4v) is 8.73. The highest BCUT2D eigenvalue weighted by Crippen LogP contribution is 2.30. The van der Waals surface area contributed by atoms with Gasteiger partial charge in [0.05, 0.1) is 35.9 Å². The molecule has 0 bridgehead atoms. The minimum absolute atomic E-state index is 0.0186. The lowest BCUT2D eigenvalue weighted by Gasteiger charge is -2.15. The van der Waals surface area contributed by atoms with Crippen molar-refractivity contribution in [1.29, 1.82) is 0 Å². The molecule has 6 N–H and O–H groups in total. The molecular formula is C61H56BrF3N8O7. The molecule has 15 nitrogen and oxygen atoms in total. The predicted octanol–water partition coefficient (Wildman–Crippen LogP) is 12.2. The van der Waals surface area contributed by atoms with E-state index < -0.39 is 53.0 Å². The van der Waals surface area contributed by atoms with Gasteiger partial charge in [0.15, 0.2) is 17.3 Å². The summed E-state index contributed by atoms with van der Waals surface area (Å²) in [5.41, 5.74) is 16.4. The van der Waals surface area contributed by atoms with Crippen LogP contribution >= 0.6 is 15.9 Å². The monoisotopic (exact) mass is 1150 g/mol. The van der Waals surface area contributed by atoms with E-state index in [-0.39, 0.29) is 68.3 Å². The van der Waals surface area contributed by atoms with Gasteiger partial charge in [0, 0.05) is 86.2 Å². The zero-order valence-electron chi connectivity index (χ0n) is 44.3. The van der Waals surface area contributed by atoms with E-state index in [0.717, 1.165) is 17.1 Å². The summed E-state index contributed by atoms with van der Waals surface area (Å²) >= 11 is 3.17. The van der Waals surface area contributed by atoms with Crippen LogP contribution in [0.15, 0.2) is 169 Å². The molecule has 3 heterocycles. The number of amides is 2. The van der Waals surface area contributed by atoms with Crippen LogP contribution in [0.25, 0.3) is 11.4 Å². The molecule has 0 radical (unpaired) electrons. The first kappa shape index (κ1) is 59.9. The fourth-order valence-electron chi connectivity index (χ4n) is 8.39. The number of carbonyl (C=O) groups excluding carboxylic acids is 5. The second-order valence-electron chi connectivity index (χ2n) is 18.5. The topological polar surface area (TPSA) is 239 Å². The maximum absolute atomic E-state index is 14.7. The van der Waals surface area contributed by atoms with Gasteiger partial charge in [-0.2, -0.15) is 0 Å². The quantitative estimate of drug-likeness (QED) is 0.0708. The third-order valence-corrected chi connectivity index (χ3v) is 13.2. The smallest absolute Gasteiger partial charge is 0.336 e. The van der Waals surface area contributed by atoms with Crippen molar-refractivity contribution in [2.75, 3.05) is 0 Å². The zero-order chi connectivity index (χ0) is 58.4. The first-order valence-corrected chi connectivity index (χ1v) is 25.6. The Morgan fingerprint density at radius 1 is 0.575 bits per heavy atom. The van der Waals surface area contributed by atoms with E-state index in [9.17, 15) is 47.0 Å². The first-order valence-electron chi connectivity index (χ1n) is 24.8. The van der Waals surface area contributed by atoms with Crippen molar-refractivity contribution in [3.05, 3.63) is 254 Å². The van der Waals surface area contributed by atoms with E-state index >= 15 is 0 Å². The van der Waals surface area contributed by atoms with E-state index in [0.29, 0.717) is 21.4 Å². The Kier molecular flexibility index (Phi) is 20.4. The molecule has 0 aliphatic carbocycles. The molecule has 80 heavy (non-hydrogen) atoms. The van der Waals surface area contributed by atoms with Gasteiger partial charge in [-0.25, -0.2) is 32.9 Å². The summed E-state index contributed by atoms with van der Waals surface area (Å²) < 4.78 is 47.3. The molecule has 3 aromatic heterocycles. The number of carboxylic acid groups (broad SMARTS) is 1. The van der Waals surface area contributed by atoms with Gasteiger partial charge in [-0.1, -0.05) is 109 Å². The molecule has 6 aromatic carbocycles. The number of aromatic carboxylic acids is 1. The molecule has 3 atom stereocenters. The van der Waals surface area contributed by atoms with Crippen LogP contribution in [0, 0.1) is 38.2 Å². The molecule has 19 heteroatoms. The number of H-pyrrole nitrogens is 1. The number of nitrogens with zero attached hydrogens (tertiary/aromatic N) is 5. The van der Waals surface area contributed by atoms with Crippen LogP contribution in [0.3, 0.4) is 0 Å². The number of ketones is 3. The van der Waals surface area contributed by atoms with Crippen molar-refractivity contribution in [1.82, 2.24) is 29.1 Å². The second kappa shape index (κ2) is 27.3. The summed E-state index contributed by atoms with van der Waals surface area (Å²) in [4.78, 5) is 87.0. The van der Waals surface area contributed by atoms with Crippen LogP contribution in [-0.2, 0) is 0 Å². The molecule has 0 saturated heterocycles. The number of nitrogens with two attached hydrogens (primary N) is 2. The number of Topliss-reactive ketones (excluding diaryl/α,β-unsaturated/α-hetero) is 3. The Morgan fingerprint density at radius 2 is 0.988 bits per heavy atom. The van der Waals surface area contributed by atoms with Gasteiger partial charge in [0.25, 0.3) is 0 Å². The normalized spacial score (nSPS) is 11.7. The number of aromatic nitrogens is 6. The van der Waals surface area contributed by atoms with Crippen molar-refractivity contribution in [2.45, 2.75) is 65.7 Å². The van der Waals surface area contributed by atoms with Gasteiger partial charge < -0.3 is 30.7 Å². The number of aryl methyl sites for hydroxylation is 3. The lowest BCUT2D eigenvalue weighted by atomic mass is 9.89. The van der Waals surface area contributed by atoms with Crippen LogP contribution < -0.4 is 11.5 Å². The standard InChI is InChI=1S/C21H19FN2O3.C20H18FN3O2.C16H13BrFNO2.C4H6N2/c1-13(9-20(25)17-5-3-4-6-18(17)21(26)27)16-8-7-15(10-19(16)22)24-11-14(2)23-12-24;1-12-10-24(11-23-12)14-7-8-15(18(21)9-14)13(2)19(25)16-5-3-4-6-17(16)20(22)26;1-9(11-7-6-10(17)8-14(11)18)15(20)12-4-2-3-5-13(12)16(19)21;1-4-2-5-3-6-4/h3-8,10-13H,9H2,1-2H3,(H,26,27);3-11,13H,1-2H3,(H2,22,26);2-9H,1H3,(H2,19,21);2-3H,1H3,(H,5,6). The average molecular weight is 1150 g/mol. The molecule has 0 fully saturated rings. The summed E-state index contributed by atoms with van der Waals surface area (Å²) in [7, 11) is 0. The molecule has 3 unspecified atom stereocenters. The van der Waals surface area contributed by atoms with Gasteiger partial charge in [-0.15, -0.1) is 0 Å². The number of carboxylic acids is 1. The maximum Gasteiger partial charge on any atom is 0.336 e. The van der Waals surface area contributed by atoms with Gasteiger partial charge in [-0.3, -0.25) is 24.0 Å². The highest BCUT2D eigenvalue weighted by Gasteiger charge is 2.26. The van der Waals surface area contributed by atoms with Crippen LogP contribution in [-0.4, -0.2) is 69.3 Å². The highest BCUT2D eigenvalue weighted by atomic mass is 79.9. The lowest BCUT2D eigenvalue weighted by Crippen LogP contribution is -2.19. The van der Waals surface area contributed by atoms with Crippen molar-refractivity contribution in [2.24, 2.45) is 11.5 Å². The van der Waals surface area contributed by atoms with Crippen LogP contribution in [0.1, 0.15) is 141 Å². The number of rotatable bonds is 15. The van der Waals surface area contributed by atoms with Crippen LogP contribution in [0.2, 0.25) is 0 Å². The van der Waals surface area contributed by atoms with Gasteiger partial charge in [0.2, 0.25) is 11.8 Å².